The second-order valence-corrected chi connectivity index (χ2v) is 6.55. The molecule has 1 aromatic carbocycles. The Kier molecular flexibility index (Phi) is 5.30. The molecule has 4 N–H and O–H groups in total. The normalized spacial score (nSPS) is 12.4. The standard InChI is InChI=1S/C15H18N4O3S/c1-11(14-4-2-3-9-17-14)19-15(20)18-10-12-5-7-13(8-6-12)23(16,21)22/h2-9,11H,10H2,1H3,(H2,16,21,22)(H2,18,19,20). The van der Waals surface area contributed by atoms with Gasteiger partial charge in [0.1, 0.15) is 0 Å². The molecule has 0 aliphatic heterocycles. The highest BCUT2D eigenvalue weighted by Gasteiger charge is 2.10. The van der Waals surface area contributed by atoms with E-state index in [0.29, 0.717) is 0 Å². The third-order valence-electron chi connectivity index (χ3n) is 3.18. The van der Waals surface area contributed by atoms with E-state index in [1.807, 2.05) is 25.1 Å². The van der Waals surface area contributed by atoms with Crippen molar-refractivity contribution in [3.05, 3.63) is 59.9 Å². The van der Waals surface area contributed by atoms with Crippen LogP contribution in [0.3, 0.4) is 0 Å². The minimum absolute atomic E-state index is 0.0366. The maximum absolute atomic E-state index is 11.9. The van der Waals surface area contributed by atoms with Gasteiger partial charge < -0.3 is 10.6 Å². The molecule has 0 spiro atoms. The molecule has 0 radical (unpaired) electrons. The molecule has 2 rings (SSSR count). The first kappa shape index (κ1) is 16.9. The fourth-order valence-electron chi connectivity index (χ4n) is 1.93. The van der Waals surface area contributed by atoms with Gasteiger partial charge in [0.05, 0.1) is 16.6 Å². The van der Waals surface area contributed by atoms with Crippen molar-refractivity contribution in [2.45, 2.75) is 24.4 Å². The number of nitrogens with one attached hydrogen (secondary N) is 2. The van der Waals surface area contributed by atoms with Gasteiger partial charge in [-0.1, -0.05) is 18.2 Å². The van der Waals surface area contributed by atoms with Crippen molar-refractivity contribution in [3.8, 4) is 0 Å². The summed E-state index contributed by atoms with van der Waals surface area (Å²) in [5.74, 6) is 0. The van der Waals surface area contributed by atoms with E-state index in [4.69, 9.17) is 5.14 Å². The van der Waals surface area contributed by atoms with E-state index < -0.39 is 10.0 Å². The van der Waals surface area contributed by atoms with Crippen molar-refractivity contribution in [1.29, 1.82) is 0 Å². The number of carbonyl (C=O) groups is 1. The lowest BCUT2D eigenvalue weighted by atomic mass is 10.2. The van der Waals surface area contributed by atoms with E-state index in [1.54, 1.807) is 18.3 Å². The molecule has 122 valence electrons. The largest absolute Gasteiger partial charge is 0.334 e. The van der Waals surface area contributed by atoms with Gasteiger partial charge in [0.25, 0.3) is 0 Å². The third kappa shape index (κ3) is 5.04. The predicted octanol–water partition coefficient (Wildman–Crippen LogP) is 1.29. The van der Waals surface area contributed by atoms with Crippen molar-refractivity contribution in [2.24, 2.45) is 5.14 Å². The van der Waals surface area contributed by atoms with E-state index in [2.05, 4.69) is 15.6 Å². The summed E-state index contributed by atoms with van der Waals surface area (Å²) in [5.41, 5.74) is 1.53. The summed E-state index contributed by atoms with van der Waals surface area (Å²) in [6.07, 6.45) is 1.67. The number of sulfonamides is 1. The third-order valence-corrected chi connectivity index (χ3v) is 4.11. The quantitative estimate of drug-likeness (QED) is 0.764. The number of primary sulfonamides is 1. The molecule has 1 heterocycles. The van der Waals surface area contributed by atoms with Crippen LogP contribution < -0.4 is 15.8 Å². The minimum Gasteiger partial charge on any atom is -0.334 e. The molecule has 1 atom stereocenters. The van der Waals surface area contributed by atoms with Gasteiger partial charge in [0.15, 0.2) is 0 Å². The second kappa shape index (κ2) is 7.21. The molecular weight excluding hydrogens is 316 g/mol. The molecule has 0 aliphatic carbocycles. The Balaban J connectivity index is 1.87. The Labute approximate surface area is 135 Å². The monoisotopic (exact) mass is 334 g/mol. The van der Waals surface area contributed by atoms with Crippen molar-refractivity contribution < 1.29 is 13.2 Å². The minimum atomic E-state index is -3.70. The first-order valence-electron chi connectivity index (χ1n) is 6.93. The summed E-state index contributed by atoms with van der Waals surface area (Å²) < 4.78 is 22.3. The molecule has 2 amide bonds. The smallest absolute Gasteiger partial charge is 0.315 e. The Morgan fingerprint density at radius 1 is 1.22 bits per heavy atom. The SMILES string of the molecule is CC(NC(=O)NCc1ccc(S(N)(=O)=O)cc1)c1ccccn1. The number of hydrogen-bond donors (Lipinski definition) is 3. The molecule has 1 unspecified atom stereocenters. The summed E-state index contributed by atoms with van der Waals surface area (Å²) in [7, 11) is -3.70. The molecule has 0 fully saturated rings. The van der Waals surface area contributed by atoms with E-state index in [0.717, 1.165) is 11.3 Å². The Hall–Kier alpha value is -2.45. The van der Waals surface area contributed by atoms with Gasteiger partial charge in [-0.05, 0) is 36.8 Å². The number of amides is 2. The van der Waals surface area contributed by atoms with Crippen LogP contribution in [0.15, 0.2) is 53.6 Å². The summed E-state index contributed by atoms with van der Waals surface area (Å²) in [6, 6.07) is 10.9. The second-order valence-electron chi connectivity index (χ2n) is 4.99. The van der Waals surface area contributed by atoms with E-state index in [-0.39, 0.29) is 23.5 Å². The molecule has 23 heavy (non-hydrogen) atoms. The lowest BCUT2D eigenvalue weighted by molar-refractivity contribution is 0.237. The van der Waals surface area contributed by atoms with Gasteiger partial charge >= 0.3 is 6.03 Å². The number of aromatic nitrogens is 1. The van der Waals surface area contributed by atoms with E-state index in [1.165, 1.54) is 12.1 Å². The van der Waals surface area contributed by atoms with Crippen LogP contribution in [0.5, 0.6) is 0 Å². The van der Waals surface area contributed by atoms with Crippen LogP contribution in [0.2, 0.25) is 0 Å². The fraction of sp³-hybridized carbons (Fsp3) is 0.200. The van der Waals surface area contributed by atoms with Crippen LogP contribution in [0.1, 0.15) is 24.2 Å². The lowest BCUT2D eigenvalue weighted by Gasteiger charge is -2.14. The number of nitrogens with two attached hydrogens (primary N) is 1. The van der Waals surface area contributed by atoms with Crippen molar-refractivity contribution in [3.63, 3.8) is 0 Å². The van der Waals surface area contributed by atoms with Crippen molar-refractivity contribution in [1.82, 2.24) is 15.6 Å². The number of urea groups is 1. The van der Waals surface area contributed by atoms with Gasteiger partial charge in [-0.15, -0.1) is 0 Å². The van der Waals surface area contributed by atoms with Crippen LogP contribution in [0, 0.1) is 0 Å². The van der Waals surface area contributed by atoms with Crippen LogP contribution in [-0.2, 0) is 16.6 Å². The molecular formula is C15H18N4O3S. The number of pyridine rings is 1. The van der Waals surface area contributed by atoms with Gasteiger partial charge in [-0.2, -0.15) is 0 Å². The van der Waals surface area contributed by atoms with Gasteiger partial charge in [0, 0.05) is 12.7 Å². The first-order chi connectivity index (χ1) is 10.9. The number of carbonyl (C=O) groups excluding carboxylic acids is 1. The fourth-order valence-corrected chi connectivity index (χ4v) is 2.45. The highest BCUT2D eigenvalue weighted by Crippen LogP contribution is 2.09. The van der Waals surface area contributed by atoms with Gasteiger partial charge in [-0.25, -0.2) is 18.4 Å². The topological polar surface area (TPSA) is 114 Å². The maximum Gasteiger partial charge on any atom is 0.315 e. The zero-order chi connectivity index (χ0) is 16.9. The average Bonchev–Trinajstić information content (AvgIpc) is 2.53. The lowest BCUT2D eigenvalue weighted by Crippen LogP contribution is -2.36. The molecule has 0 saturated carbocycles. The molecule has 1 aromatic heterocycles. The van der Waals surface area contributed by atoms with Crippen LogP contribution >= 0.6 is 0 Å². The van der Waals surface area contributed by atoms with Crippen LogP contribution in [0.25, 0.3) is 0 Å². The van der Waals surface area contributed by atoms with E-state index in [9.17, 15) is 13.2 Å². The first-order valence-corrected chi connectivity index (χ1v) is 8.48. The highest BCUT2D eigenvalue weighted by atomic mass is 32.2. The predicted molar refractivity (Wildman–Crippen MR) is 85.8 cm³/mol. The van der Waals surface area contributed by atoms with Crippen molar-refractivity contribution >= 4 is 16.1 Å². The average molecular weight is 334 g/mol. The molecule has 7 nitrogen and oxygen atoms in total. The number of benzene rings is 1. The van der Waals surface area contributed by atoms with Crippen LogP contribution in [-0.4, -0.2) is 19.4 Å². The summed E-state index contributed by atoms with van der Waals surface area (Å²) in [4.78, 5) is 16.1. The zero-order valence-corrected chi connectivity index (χ0v) is 13.4. The molecule has 0 bridgehead atoms. The van der Waals surface area contributed by atoms with Crippen molar-refractivity contribution in [2.75, 3.05) is 0 Å². The summed E-state index contributed by atoms with van der Waals surface area (Å²) in [6.45, 7) is 2.11. The number of rotatable bonds is 5. The summed E-state index contributed by atoms with van der Waals surface area (Å²) >= 11 is 0. The van der Waals surface area contributed by atoms with E-state index >= 15 is 0 Å². The summed E-state index contributed by atoms with van der Waals surface area (Å²) in [5, 5.41) is 10.5. The van der Waals surface area contributed by atoms with Crippen LogP contribution in [0.4, 0.5) is 4.79 Å². The van der Waals surface area contributed by atoms with Gasteiger partial charge in [0.2, 0.25) is 10.0 Å². The number of nitrogens with zero attached hydrogens (tertiary/aromatic N) is 1. The maximum atomic E-state index is 11.9. The number of hydrogen-bond acceptors (Lipinski definition) is 4. The van der Waals surface area contributed by atoms with Gasteiger partial charge in [-0.3, -0.25) is 4.98 Å². The Bertz CT molecular complexity index is 761. The highest BCUT2D eigenvalue weighted by molar-refractivity contribution is 7.89. The molecule has 0 saturated heterocycles. The Morgan fingerprint density at radius 3 is 2.48 bits per heavy atom. The zero-order valence-electron chi connectivity index (χ0n) is 12.6. The molecule has 2 aromatic rings. The molecule has 0 aliphatic rings. The Morgan fingerprint density at radius 2 is 1.91 bits per heavy atom. The molecule has 8 heteroatoms.